The second-order valence-electron chi connectivity index (χ2n) is 7.29. The third kappa shape index (κ3) is 3.31. The van der Waals surface area contributed by atoms with Crippen LogP contribution in [0.15, 0.2) is 30.3 Å². The summed E-state index contributed by atoms with van der Waals surface area (Å²) in [7, 11) is 1.50. The van der Waals surface area contributed by atoms with E-state index in [4.69, 9.17) is 0 Å². The molecule has 3 fully saturated rings. The number of likely N-dealkylation sites (tertiary alicyclic amines) is 1. The molecule has 3 heteroatoms. The molecule has 4 rings (SSSR count). The van der Waals surface area contributed by atoms with Crippen molar-refractivity contribution in [1.29, 1.82) is 0 Å². The van der Waals surface area contributed by atoms with Gasteiger partial charge in [-0.25, -0.2) is 0 Å². The second kappa shape index (κ2) is 7.01. The normalized spacial score (nSPS) is 24.2. The lowest BCUT2D eigenvalue weighted by molar-refractivity contribution is -0.0676. The van der Waals surface area contributed by atoms with E-state index < -0.39 is 0 Å². The van der Waals surface area contributed by atoms with E-state index in [1.165, 1.54) is 77.6 Å². The maximum Gasteiger partial charge on any atom is 0.0366 e. The summed E-state index contributed by atoms with van der Waals surface area (Å²) in [6, 6.07) is 10.9. The molecule has 1 saturated carbocycles. The molecule has 0 bridgehead atoms. The van der Waals surface area contributed by atoms with Crippen LogP contribution in [0.1, 0.15) is 32.1 Å². The van der Waals surface area contributed by atoms with Crippen molar-refractivity contribution in [1.82, 2.24) is 4.90 Å². The minimum absolute atomic E-state index is 0.796. The van der Waals surface area contributed by atoms with Crippen molar-refractivity contribution in [3.05, 3.63) is 30.3 Å². The number of para-hydroxylation sites is 1. The van der Waals surface area contributed by atoms with Gasteiger partial charge in [-0.3, -0.25) is 0 Å². The first-order valence-electron chi connectivity index (χ1n) is 8.93. The van der Waals surface area contributed by atoms with Crippen molar-refractivity contribution < 1.29 is 0 Å². The number of nitrogens with two attached hydrogens (primary N) is 1. The van der Waals surface area contributed by atoms with Gasteiger partial charge in [0.2, 0.25) is 0 Å². The van der Waals surface area contributed by atoms with E-state index in [-0.39, 0.29) is 0 Å². The number of anilines is 1. The molecule has 2 N–H and O–H groups in total. The maximum atomic E-state index is 4.50. The van der Waals surface area contributed by atoms with Crippen molar-refractivity contribution in [2.24, 2.45) is 17.1 Å². The molecule has 0 aromatic heterocycles. The molecule has 1 aromatic rings. The van der Waals surface area contributed by atoms with Gasteiger partial charge in [0.25, 0.3) is 0 Å². The number of rotatable bonds is 3. The third-order valence-corrected chi connectivity index (χ3v) is 5.78. The van der Waals surface area contributed by atoms with Crippen LogP contribution in [0.3, 0.4) is 0 Å². The zero-order valence-corrected chi connectivity index (χ0v) is 14.0. The van der Waals surface area contributed by atoms with Gasteiger partial charge >= 0.3 is 0 Å². The van der Waals surface area contributed by atoms with Gasteiger partial charge < -0.3 is 15.5 Å². The topological polar surface area (TPSA) is 32.5 Å². The van der Waals surface area contributed by atoms with Crippen LogP contribution in [0.4, 0.5) is 5.69 Å². The minimum atomic E-state index is 0.796. The highest BCUT2D eigenvalue weighted by Crippen LogP contribution is 2.48. The quantitative estimate of drug-likeness (QED) is 0.931. The van der Waals surface area contributed by atoms with E-state index >= 15 is 0 Å². The Bertz CT molecular complexity index is 439. The zero-order valence-electron chi connectivity index (χ0n) is 14.0. The van der Waals surface area contributed by atoms with Crippen LogP contribution < -0.4 is 10.6 Å². The minimum Gasteiger partial charge on any atom is -0.372 e. The number of hydrogen-bond donors (Lipinski definition) is 1. The Morgan fingerprint density at radius 2 is 1.68 bits per heavy atom. The molecule has 0 amide bonds. The Labute approximate surface area is 135 Å². The van der Waals surface area contributed by atoms with Crippen LogP contribution >= 0.6 is 0 Å². The van der Waals surface area contributed by atoms with Crippen LogP contribution in [0.2, 0.25) is 0 Å². The highest BCUT2D eigenvalue weighted by atomic mass is 15.2. The summed E-state index contributed by atoms with van der Waals surface area (Å²) in [5, 5.41) is 0. The number of benzene rings is 1. The zero-order chi connectivity index (χ0) is 15.4. The average Bonchev–Trinajstić information content (AvgIpc) is 2.52. The van der Waals surface area contributed by atoms with Crippen molar-refractivity contribution in [3.63, 3.8) is 0 Å². The van der Waals surface area contributed by atoms with Crippen LogP contribution in [-0.2, 0) is 0 Å². The van der Waals surface area contributed by atoms with Gasteiger partial charge in [0.1, 0.15) is 0 Å². The highest BCUT2D eigenvalue weighted by Gasteiger charge is 2.47. The summed E-state index contributed by atoms with van der Waals surface area (Å²) in [5.41, 5.74) is 6.70. The van der Waals surface area contributed by atoms with Crippen LogP contribution in [0.25, 0.3) is 0 Å². The summed E-state index contributed by atoms with van der Waals surface area (Å²) < 4.78 is 0. The van der Waals surface area contributed by atoms with E-state index in [2.05, 4.69) is 45.9 Å². The molecule has 0 atom stereocenters. The molecule has 3 aliphatic rings. The molecule has 2 aliphatic heterocycles. The molecule has 22 heavy (non-hydrogen) atoms. The standard InChI is InChI=1S/C18H26N2.CH5N/c1-2-5-17(6-3-1)20-11-7-16(8-12-20)13-19-14-18(15-19)9-4-10-18;1-2/h1-3,5-6,16H,4,7-15H2;2H2,1H3. The lowest BCUT2D eigenvalue weighted by Gasteiger charge is -2.57. The molecular formula is C19H31N3. The fourth-order valence-electron chi connectivity index (χ4n) is 4.40. The summed E-state index contributed by atoms with van der Waals surface area (Å²) in [5.74, 6) is 0.937. The largest absolute Gasteiger partial charge is 0.372 e. The fraction of sp³-hybridized carbons (Fsp3) is 0.684. The molecule has 0 radical (unpaired) electrons. The predicted molar refractivity (Wildman–Crippen MR) is 94.2 cm³/mol. The van der Waals surface area contributed by atoms with Gasteiger partial charge in [-0.05, 0) is 56.2 Å². The summed E-state index contributed by atoms with van der Waals surface area (Å²) >= 11 is 0. The molecule has 122 valence electrons. The first-order chi connectivity index (χ1) is 10.8. The molecule has 2 saturated heterocycles. The predicted octanol–water partition coefficient (Wildman–Crippen LogP) is 2.96. The lowest BCUT2D eigenvalue weighted by atomic mass is 9.63. The van der Waals surface area contributed by atoms with E-state index in [0.29, 0.717) is 0 Å². The molecule has 1 spiro atoms. The lowest BCUT2D eigenvalue weighted by Crippen LogP contribution is -2.60. The second-order valence-corrected chi connectivity index (χ2v) is 7.29. The first kappa shape index (κ1) is 15.8. The smallest absolute Gasteiger partial charge is 0.0366 e. The van der Waals surface area contributed by atoms with Gasteiger partial charge in [0.05, 0.1) is 0 Å². The molecule has 0 unspecified atom stereocenters. The Kier molecular flexibility index (Phi) is 5.04. The van der Waals surface area contributed by atoms with Gasteiger partial charge in [-0.15, -0.1) is 0 Å². The Morgan fingerprint density at radius 3 is 2.23 bits per heavy atom. The molecular weight excluding hydrogens is 270 g/mol. The molecule has 3 nitrogen and oxygen atoms in total. The Balaban J connectivity index is 0.000000693. The maximum absolute atomic E-state index is 4.50. The third-order valence-electron chi connectivity index (χ3n) is 5.78. The van der Waals surface area contributed by atoms with E-state index in [1.807, 2.05) is 0 Å². The van der Waals surface area contributed by atoms with Crippen LogP contribution in [0.5, 0.6) is 0 Å². The Hall–Kier alpha value is -1.06. The number of piperidine rings is 1. The molecule has 1 aromatic carbocycles. The van der Waals surface area contributed by atoms with E-state index in [1.54, 1.807) is 0 Å². The van der Waals surface area contributed by atoms with Gasteiger partial charge in [-0.2, -0.15) is 0 Å². The van der Waals surface area contributed by atoms with Crippen molar-refractivity contribution in [2.75, 3.05) is 44.7 Å². The molecule has 2 heterocycles. The monoisotopic (exact) mass is 301 g/mol. The first-order valence-corrected chi connectivity index (χ1v) is 8.93. The molecule has 1 aliphatic carbocycles. The number of nitrogens with zero attached hydrogens (tertiary/aromatic N) is 2. The van der Waals surface area contributed by atoms with Crippen molar-refractivity contribution in [3.8, 4) is 0 Å². The van der Waals surface area contributed by atoms with E-state index in [0.717, 1.165) is 11.3 Å². The fourth-order valence-corrected chi connectivity index (χ4v) is 4.40. The van der Waals surface area contributed by atoms with Gasteiger partial charge in [0.15, 0.2) is 0 Å². The highest BCUT2D eigenvalue weighted by molar-refractivity contribution is 5.46. The van der Waals surface area contributed by atoms with Crippen LogP contribution in [0, 0.1) is 11.3 Å². The van der Waals surface area contributed by atoms with Gasteiger partial charge in [0, 0.05) is 38.4 Å². The summed E-state index contributed by atoms with van der Waals surface area (Å²) in [6.07, 6.45) is 7.26. The van der Waals surface area contributed by atoms with E-state index in [9.17, 15) is 0 Å². The number of hydrogen-bond acceptors (Lipinski definition) is 3. The Morgan fingerprint density at radius 1 is 1.05 bits per heavy atom. The summed E-state index contributed by atoms with van der Waals surface area (Å²) in [4.78, 5) is 5.28. The SMILES string of the molecule is CN.c1ccc(N2CCC(CN3CC4(CCC4)C3)CC2)cc1. The van der Waals surface area contributed by atoms with Crippen LogP contribution in [-0.4, -0.2) is 44.7 Å². The summed E-state index contributed by atoms with van der Waals surface area (Å²) in [6.45, 7) is 6.67. The van der Waals surface area contributed by atoms with Crippen molar-refractivity contribution >= 4 is 5.69 Å². The average molecular weight is 301 g/mol. The van der Waals surface area contributed by atoms with Crippen molar-refractivity contribution in [2.45, 2.75) is 32.1 Å². The van der Waals surface area contributed by atoms with Gasteiger partial charge in [-0.1, -0.05) is 24.6 Å².